The Morgan fingerprint density at radius 2 is 1.70 bits per heavy atom. The number of nitrogens with zero attached hydrogens (tertiary/aromatic N) is 5. The first-order chi connectivity index (χ1) is 22.4. The second-order valence-electron chi connectivity index (χ2n) is 12.3. The Balaban J connectivity index is 1.13. The zero-order valence-corrected chi connectivity index (χ0v) is 27.5. The van der Waals surface area contributed by atoms with Crippen LogP contribution in [0.25, 0.3) is 17.1 Å². The van der Waals surface area contributed by atoms with E-state index >= 15 is 0 Å². The quantitative estimate of drug-likeness (QED) is 0.223. The van der Waals surface area contributed by atoms with E-state index in [4.69, 9.17) is 0 Å². The van der Waals surface area contributed by atoms with Crippen molar-refractivity contribution < 1.29 is 22.7 Å². The number of halogens is 3. The van der Waals surface area contributed by atoms with Crippen LogP contribution >= 0.6 is 11.8 Å². The number of amidine groups is 1. The number of thioether (sulfide) groups is 1. The molecule has 246 valence electrons. The van der Waals surface area contributed by atoms with Crippen LogP contribution in [0.4, 0.5) is 23.7 Å². The van der Waals surface area contributed by atoms with Gasteiger partial charge in [0, 0.05) is 35.0 Å². The number of benzene rings is 3. The number of alkyl halides is 3. The first-order valence-corrected chi connectivity index (χ1v) is 16.7. The second kappa shape index (κ2) is 13.4. The normalized spacial score (nSPS) is 20.9. The van der Waals surface area contributed by atoms with Gasteiger partial charge in [-0.05, 0) is 87.9 Å². The summed E-state index contributed by atoms with van der Waals surface area (Å²) in [6.07, 6.45) is 0.629. The van der Waals surface area contributed by atoms with Crippen molar-refractivity contribution in [3.05, 3.63) is 89.2 Å². The molecule has 12 heteroatoms. The van der Waals surface area contributed by atoms with Crippen LogP contribution < -0.4 is 15.0 Å². The van der Waals surface area contributed by atoms with Gasteiger partial charge in [0.05, 0.1) is 5.69 Å². The van der Waals surface area contributed by atoms with Crippen LogP contribution in [0.2, 0.25) is 0 Å². The SMILES string of the molecule is Cc1cc(C)c(N2/C(=N/C(=O)NC3CCCC3c3ccc(-c4ncn(-c5ccc(OC(F)(F)F)cc5)n4)cc3)SCCC2C)c(C)c1. The monoisotopic (exact) mass is 662 g/mol. The molecule has 4 aromatic rings. The minimum atomic E-state index is -4.75. The minimum absolute atomic E-state index is 0.0263. The third-order valence-electron chi connectivity index (χ3n) is 8.74. The lowest BCUT2D eigenvalue weighted by atomic mass is 9.93. The molecule has 3 aromatic carbocycles. The van der Waals surface area contributed by atoms with E-state index in [9.17, 15) is 18.0 Å². The molecule has 1 saturated carbocycles. The van der Waals surface area contributed by atoms with Crippen molar-refractivity contribution in [1.82, 2.24) is 20.1 Å². The molecule has 6 rings (SSSR count). The molecule has 2 fully saturated rings. The van der Waals surface area contributed by atoms with E-state index < -0.39 is 6.36 Å². The van der Waals surface area contributed by atoms with E-state index in [2.05, 4.69) is 69.9 Å². The van der Waals surface area contributed by atoms with Gasteiger partial charge in [-0.2, -0.15) is 4.99 Å². The number of aryl methyl sites for hydroxylation is 3. The maximum absolute atomic E-state index is 13.4. The molecule has 0 radical (unpaired) electrons. The van der Waals surface area contributed by atoms with E-state index in [1.807, 2.05) is 24.3 Å². The van der Waals surface area contributed by atoms with Gasteiger partial charge in [0.25, 0.3) is 0 Å². The molecule has 2 aliphatic rings. The molecular formula is C35H37F3N6O2S. The van der Waals surface area contributed by atoms with Gasteiger partial charge in [0.1, 0.15) is 12.1 Å². The summed E-state index contributed by atoms with van der Waals surface area (Å²) in [4.78, 5) is 24.6. The van der Waals surface area contributed by atoms with E-state index in [0.29, 0.717) is 11.5 Å². The van der Waals surface area contributed by atoms with E-state index in [1.54, 1.807) is 11.8 Å². The first kappa shape index (κ1) is 32.6. The molecule has 47 heavy (non-hydrogen) atoms. The van der Waals surface area contributed by atoms with Crippen LogP contribution in [0.3, 0.4) is 0 Å². The lowest BCUT2D eigenvalue weighted by molar-refractivity contribution is -0.274. The van der Waals surface area contributed by atoms with Crippen LogP contribution in [-0.2, 0) is 0 Å². The number of aromatic nitrogens is 3. The highest BCUT2D eigenvalue weighted by Crippen LogP contribution is 2.37. The van der Waals surface area contributed by atoms with Crippen molar-refractivity contribution in [2.75, 3.05) is 10.7 Å². The Morgan fingerprint density at radius 1 is 1.00 bits per heavy atom. The second-order valence-corrected chi connectivity index (χ2v) is 13.3. The number of carbonyl (C=O) groups is 1. The fraction of sp³-hybridized carbons (Fsp3) is 0.371. The number of hydrogen-bond acceptors (Lipinski definition) is 5. The average Bonchev–Trinajstić information content (AvgIpc) is 3.68. The Bertz CT molecular complexity index is 1750. The average molecular weight is 663 g/mol. The third kappa shape index (κ3) is 7.48. The zero-order valence-electron chi connectivity index (χ0n) is 26.7. The molecule has 1 saturated heterocycles. The van der Waals surface area contributed by atoms with Crippen LogP contribution in [0.5, 0.6) is 5.75 Å². The lowest BCUT2D eigenvalue weighted by Crippen LogP contribution is -2.43. The van der Waals surface area contributed by atoms with Gasteiger partial charge in [-0.25, -0.2) is 14.5 Å². The number of rotatable bonds is 6. The van der Waals surface area contributed by atoms with Gasteiger partial charge < -0.3 is 15.0 Å². The van der Waals surface area contributed by atoms with E-state index in [0.717, 1.165) is 53.4 Å². The van der Waals surface area contributed by atoms with Crippen LogP contribution in [0, 0.1) is 20.8 Å². The predicted octanol–water partition coefficient (Wildman–Crippen LogP) is 8.49. The number of nitrogens with one attached hydrogen (secondary N) is 1. The fourth-order valence-electron chi connectivity index (χ4n) is 6.67. The number of urea groups is 1. The van der Waals surface area contributed by atoms with E-state index in [1.165, 1.54) is 52.0 Å². The molecule has 1 aliphatic carbocycles. The van der Waals surface area contributed by atoms with Gasteiger partial charge in [0.15, 0.2) is 11.0 Å². The number of carbonyl (C=O) groups excluding carboxylic acids is 1. The Kier molecular flexibility index (Phi) is 9.32. The van der Waals surface area contributed by atoms with E-state index in [-0.39, 0.29) is 29.8 Å². The highest BCUT2D eigenvalue weighted by atomic mass is 32.2. The topological polar surface area (TPSA) is 84.6 Å². The Hall–Kier alpha value is -4.32. The molecule has 0 spiro atoms. The molecule has 2 amide bonds. The Morgan fingerprint density at radius 3 is 2.38 bits per heavy atom. The maximum Gasteiger partial charge on any atom is 0.573 e. The van der Waals surface area contributed by atoms with Gasteiger partial charge in [-0.3, -0.25) is 0 Å². The molecule has 2 heterocycles. The molecule has 1 N–H and O–H groups in total. The number of hydrogen-bond donors (Lipinski definition) is 1. The van der Waals surface area contributed by atoms with Crippen molar-refractivity contribution in [1.29, 1.82) is 0 Å². The van der Waals surface area contributed by atoms with Crippen molar-refractivity contribution in [2.24, 2.45) is 4.99 Å². The molecule has 1 aromatic heterocycles. The molecule has 0 bridgehead atoms. The predicted molar refractivity (Wildman–Crippen MR) is 179 cm³/mol. The highest BCUT2D eigenvalue weighted by molar-refractivity contribution is 8.14. The highest BCUT2D eigenvalue weighted by Gasteiger charge is 2.33. The van der Waals surface area contributed by atoms with Crippen LogP contribution in [-0.4, -0.2) is 50.2 Å². The zero-order chi connectivity index (χ0) is 33.3. The number of aliphatic imine (C=N–C) groups is 1. The standard InChI is InChI=1S/C35H37F3N6O2S/c1-21-18-22(2)31(23(3)19-21)44-24(4)16-17-47-34(44)41-33(45)40-30-7-5-6-29(30)25-8-10-26(11-9-25)32-39-20-43(42-32)27-12-14-28(15-13-27)46-35(36,37)38/h8-15,18-20,24,29-30H,5-7,16-17H2,1-4H3,(H,40,45)/b41-34-. The summed E-state index contributed by atoms with van der Waals surface area (Å²) in [6, 6.07) is 17.7. The van der Waals surface area contributed by atoms with Gasteiger partial charge in [-0.1, -0.05) is 60.1 Å². The summed E-state index contributed by atoms with van der Waals surface area (Å²) in [6.45, 7) is 8.53. The molecular weight excluding hydrogens is 625 g/mol. The fourth-order valence-corrected chi connectivity index (χ4v) is 7.87. The number of amides is 2. The number of ether oxygens (including phenoxy) is 1. The molecule has 1 aliphatic heterocycles. The Labute approximate surface area is 276 Å². The van der Waals surface area contributed by atoms with Gasteiger partial charge in [-0.15, -0.1) is 18.3 Å². The van der Waals surface area contributed by atoms with Gasteiger partial charge >= 0.3 is 12.4 Å². The summed E-state index contributed by atoms with van der Waals surface area (Å²) in [7, 11) is 0. The maximum atomic E-state index is 13.4. The largest absolute Gasteiger partial charge is 0.573 e. The van der Waals surface area contributed by atoms with Crippen molar-refractivity contribution >= 4 is 28.6 Å². The summed E-state index contributed by atoms with van der Waals surface area (Å²) in [5.74, 6) is 1.26. The molecule has 3 unspecified atom stereocenters. The summed E-state index contributed by atoms with van der Waals surface area (Å²) >= 11 is 1.63. The van der Waals surface area contributed by atoms with Gasteiger partial charge in [0.2, 0.25) is 0 Å². The molecule has 3 atom stereocenters. The smallest absolute Gasteiger partial charge is 0.406 e. The van der Waals surface area contributed by atoms with Crippen molar-refractivity contribution in [3.63, 3.8) is 0 Å². The van der Waals surface area contributed by atoms with Crippen molar-refractivity contribution in [3.8, 4) is 22.8 Å². The number of anilines is 1. The van der Waals surface area contributed by atoms with Crippen molar-refractivity contribution in [2.45, 2.75) is 77.7 Å². The lowest BCUT2D eigenvalue weighted by Gasteiger charge is -2.37. The minimum Gasteiger partial charge on any atom is -0.406 e. The third-order valence-corrected chi connectivity index (χ3v) is 9.72. The first-order valence-electron chi connectivity index (χ1n) is 15.7. The van der Waals surface area contributed by atoms with Crippen LogP contribution in [0.15, 0.2) is 72.0 Å². The molecule has 8 nitrogen and oxygen atoms in total. The summed E-state index contributed by atoms with van der Waals surface area (Å²) < 4.78 is 42.9. The summed E-state index contributed by atoms with van der Waals surface area (Å²) in [5.41, 5.74) is 7.19. The van der Waals surface area contributed by atoms with Crippen LogP contribution in [0.1, 0.15) is 60.8 Å². The summed E-state index contributed by atoms with van der Waals surface area (Å²) in [5, 5.41) is 8.47.